The Morgan fingerprint density at radius 3 is 2.50 bits per heavy atom. The van der Waals surface area contributed by atoms with Gasteiger partial charge < -0.3 is 30.6 Å². The Morgan fingerprint density at radius 1 is 0.972 bits per heavy atom. The number of nitrogens with one attached hydrogen (secondary N) is 3. The Labute approximate surface area is 202 Å². The third-order valence-electron chi connectivity index (χ3n) is 5.82. The van der Waals surface area contributed by atoms with Gasteiger partial charge in [-0.25, -0.2) is 8.78 Å². The van der Waals surface area contributed by atoms with Gasteiger partial charge in [0.2, 0.25) is 0 Å². The minimum absolute atomic E-state index is 0.0558. The highest BCUT2D eigenvalue weighted by Gasteiger charge is 2.19. The molecule has 36 heavy (non-hydrogen) atoms. The van der Waals surface area contributed by atoms with E-state index in [1.54, 1.807) is 0 Å². The number of hydrogen-bond donors (Lipinski definition) is 6. The summed E-state index contributed by atoms with van der Waals surface area (Å²) in [7, 11) is 0. The average Bonchev–Trinajstić information content (AvgIpc) is 3.13. The number of carboxylic acids is 1. The van der Waals surface area contributed by atoms with Gasteiger partial charge in [-0.3, -0.25) is 14.4 Å². The molecule has 188 valence electrons. The number of halogens is 2. The van der Waals surface area contributed by atoms with E-state index in [4.69, 9.17) is 5.11 Å². The molecule has 2 heterocycles. The summed E-state index contributed by atoms with van der Waals surface area (Å²) in [5.74, 6) is -2.97. The summed E-state index contributed by atoms with van der Waals surface area (Å²) in [5.41, 5.74) is -0.123. The highest BCUT2D eigenvalue weighted by atomic mass is 19.1. The Morgan fingerprint density at radius 2 is 1.75 bits per heavy atom. The first-order chi connectivity index (χ1) is 17.1. The van der Waals surface area contributed by atoms with E-state index < -0.39 is 47.7 Å². The molecule has 0 radical (unpaired) electrons. The lowest BCUT2D eigenvalue weighted by atomic mass is 10.1. The minimum atomic E-state index is -1.20. The van der Waals surface area contributed by atoms with Crippen LogP contribution in [0.15, 0.2) is 47.3 Å². The van der Waals surface area contributed by atoms with Crippen LogP contribution in [0.1, 0.15) is 29.6 Å². The van der Waals surface area contributed by atoms with Crippen LogP contribution in [0, 0.1) is 11.6 Å². The van der Waals surface area contributed by atoms with Crippen molar-refractivity contribution in [3.63, 3.8) is 0 Å². The van der Waals surface area contributed by atoms with Crippen molar-refractivity contribution in [3.8, 4) is 11.3 Å². The van der Waals surface area contributed by atoms with Gasteiger partial charge in [0.15, 0.2) is 5.82 Å². The van der Waals surface area contributed by atoms with Gasteiger partial charge in [0.1, 0.15) is 5.82 Å². The molecule has 0 aliphatic carbocycles. The standard InChI is InChI=1S/C25H23F2N3O6/c26-18-2-1-3-19-16(18)11-17(25(36)30-19)23-22(27)15-5-4-12(8-20(15)29-23)24(35)28-7-6-13(31)9-14(32)10-21(33)34/h1-5,8,11,13-14,29,31-32H,6-7,9-10H2,(H,28,35)(H,30,36)(H,33,34). The van der Waals surface area contributed by atoms with Crippen molar-refractivity contribution < 1.29 is 33.7 Å². The number of aromatic nitrogens is 2. The topological polar surface area (TPSA) is 156 Å². The summed E-state index contributed by atoms with van der Waals surface area (Å²) in [4.78, 5) is 41.0. The van der Waals surface area contributed by atoms with E-state index in [0.717, 1.165) is 0 Å². The number of rotatable bonds is 9. The monoisotopic (exact) mass is 499 g/mol. The molecule has 4 rings (SSSR count). The highest BCUT2D eigenvalue weighted by molar-refractivity contribution is 5.99. The summed E-state index contributed by atoms with van der Waals surface area (Å²) in [6, 6.07) is 9.67. The first kappa shape index (κ1) is 25.0. The van der Waals surface area contributed by atoms with Crippen LogP contribution in [0.2, 0.25) is 0 Å². The van der Waals surface area contributed by atoms with Gasteiger partial charge in [0, 0.05) is 28.4 Å². The quantitative estimate of drug-likeness (QED) is 0.208. The highest BCUT2D eigenvalue weighted by Crippen LogP contribution is 2.29. The van der Waals surface area contributed by atoms with E-state index in [-0.39, 0.29) is 58.0 Å². The molecule has 0 saturated carbocycles. The molecule has 0 fully saturated rings. The molecular formula is C25H23F2N3O6. The van der Waals surface area contributed by atoms with Crippen LogP contribution in [-0.4, -0.2) is 55.9 Å². The molecular weight excluding hydrogens is 476 g/mol. The van der Waals surface area contributed by atoms with E-state index >= 15 is 4.39 Å². The molecule has 9 nitrogen and oxygen atoms in total. The second kappa shape index (κ2) is 10.3. The number of carbonyl (C=O) groups excluding carboxylic acids is 1. The second-order valence-electron chi connectivity index (χ2n) is 8.47. The third-order valence-corrected chi connectivity index (χ3v) is 5.82. The average molecular weight is 499 g/mol. The zero-order valence-corrected chi connectivity index (χ0v) is 18.8. The molecule has 2 aromatic heterocycles. The molecule has 1 amide bonds. The van der Waals surface area contributed by atoms with Crippen molar-refractivity contribution >= 4 is 33.7 Å². The maximum Gasteiger partial charge on any atom is 0.305 e. The summed E-state index contributed by atoms with van der Waals surface area (Å²) < 4.78 is 29.3. The molecule has 6 N–H and O–H groups in total. The fourth-order valence-electron chi connectivity index (χ4n) is 4.04. The number of carboxylic acid groups (broad SMARTS) is 1. The molecule has 11 heteroatoms. The molecule has 2 atom stereocenters. The van der Waals surface area contributed by atoms with Gasteiger partial charge in [-0.2, -0.15) is 0 Å². The maximum absolute atomic E-state index is 15.1. The number of hydrogen-bond acceptors (Lipinski definition) is 5. The number of aliphatic hydroxyl groups is 2. The largest absolute Gasteiger partial charge is 0.481 e. The van der Waals surface area contributed by atoms with Gasteiger partial charge in [0.05, 0.1) is 35.4 Å². The van der Waals surface area contributed by atoms with Gasteiger partial charge in [-0.1, -0.05) is 6.07 Å². The molecule has 2 unspecified atom stereocenters. The van der Waals surface area contributed by atoms with Crippen LogP contribution in [0.25, 0.3) is 33.1 Å². The molecule has 0 aliphatic heterocycles. The number of pyridine rings is 1. The Bertz CT molecular complexity index is 1510. The Balaban J connectivity index is 1.50. The normalized spacial score (nSPS) is 13.1. The lowest BCUT2D eigenvalue weighted by Gasteiger charge is -2.14. The summed E-state index contributed by atoms with van der Waals surface area (Å²) in [5, 5.41) is 31.0. The van der Waals surface area contributed by atoms with E-state index in [2.05, 4.69) is 15.3 Å². The van der Waals surface area contributed by atoms with Gasteiger partial charge in [-0.05, 0) is 49.2 Å². The van der Waals surface area contributed by atoms with Crippen molar-refractivity contribution in [2.24, 2.45) is 0 Å². The van der Waals surface area contributed by atoms with E-state index in [0.29, 0.717) is 0 Å². The first-order valence-corrected chi connectivity index (χ1v) is 11.1. The molecule has 0 bridgehead atoms. The number of amides is 1. The van der Waals surface area contributed by atoms with Crippen molar-refractivity contribution in [2.45, 2.75) is 31.5 Å². The lowest BCUT2D eigenvalue weighted by Crippen LogP contribution is -2.29. The van der Waals surface area contributed by atoms with E-state index in [1.165, 1.54) is 42.5 Å². The summed E-state index contributed by atoms with van der Waals surface area (Å²) >= 11 is 0. The minimum Gasteiger partial charge on any atom is -0.481 e. The predicted octanol–water partition coefficient (Wildman–Crippen LogP) is 2.66. The lowest BCUT2D eigenvalue weighted by molar-refractivity contribution is -0.139. The first-order valence-electron chi connectivity index (χ1n) is 11.1. The molecule has 0 aliphatic rings. The van der Waals surface area contributed by atoms with Crippen molar-refractivity contribution in [1.29, 1.82) is 0 Å². The van der Waals surface area contributed by atoms with Crippen LogP contribution < -0.4 is 10.9 Å². The van der Waals surface area contributed by atoms with Crippen LogP contribution in [0.5, 0.6) is 0 Å². The molecule has 4 aromatic rings. The van der Waals surface area contributed by atoms with Gasteiger partial charge in [0.25, 0.3) is 11.5 Å². The molecule has 0 spiro atoms. The van der Waals surface area contributed by atoms with Crippen LogP contribution in [0.3, 0.4) is 0 Å². The zero-order valence-electron chi connectivity index (χ0n) is 18.8. The Hall–Kier alpha value is -4.09. The van der Waals surface area contributed by atoms with Crippen molar-refractivity contribution in [1.82, 2.24) is 15.3 Å². The zero-order chi connectivity index (χ0) is 26.0. The van der Waals surface area contributed by atoms with E-state index in [1.807, 2.05) is 0 Å². The number of H-pyrrole nitrogens is 2. The van der Waals surface area contributed by atoms with Crippen molar-refractivity contribution in [3.05, 3.63) is 70.0 Å². The van der Waals surface area contributed by atoms with Crippen LogP contribution >= 0.6 is 0 Å². The van der Waals surface area contributed by atoms with Gasteiger partial charge >= 0.3 is 5.97 Å². The predicted molar refractivity (Wildman–Crippen MR) is 128 cm³/mol. The summed E-state index contributed by atoms with van der Waals surface area (Å²) in [6.07, 6.45) is -2.74. The third kappa shape index (κ3) is 5.26. The number of aliphatic hydroxyl groups excluding tert-OH is 2. The number of carbonyl (C=O) groups is 2. The summed E-state index contributed by atoms with van der Waals surface area (Å²) in [6.45, 7) is 0.0558. The SMILES string of the molecule is O=C(O)CC(O)CC(O)CCNC(=O)c1ccc2c(F)c(-c3cc4c(F)cccc4[nH]c3=O)[nH]c2c1. The molecule has 0 saturated heterocycles. The fourth-order valence-corrected chi connectivity index (χ4v) is 4.04. The van der Waals surface area contributed by atoms with E-state index in [9.17, 15) is 29.0 Å². The smallest absolute Gasteiger partial charge is 0.305 e. The van der Waals surface area contributed by atoms with Crippen molar-refractivity contribution in [2.75, 3.05) is 6.54 Å². The number of fused-ring (bicyclic) bond motifs is 2. The molecule has 2 aromatic carbocycles. The number of benzene rings is 2. The second-order valence-corrected chi connectivity index (χ2v) is 8.47. The number of aliphatic carboxylic acids is 1. The Kier molecular flexibility index (Phi) is 7.13. The number of aromatic amines is 2. The van der Waals surface area contributed by atoms with Crippen LogP contribution in [0.4, 0.5) is 8.78 Å². The fraction of sp³-hybridized carbons (Fsp3) is 0.240. The van der Waals surface area contributed by atoms with Gasteiger partial charge in [-0.15, -0.1) is 0 Å². The maximum atomic E-state index is 15.1. The van der Waals surface area contributed by atoms with Crippen LogP contribution in [-0.2, 0) is 4.79 Å².